The maximum Gasteiger partial charge on any atom is 0 e. The Morgan fingerprint density at radius 3 is 1.00 bits per heavy atom. The summed E-state index contributed by atoms with van der Waals surface area (Å²) in [6.07, 6.45) is 0. The third kappa shape index (κ3) is 9.34. The van der Waals surface area contributed by atoms with Crippen molar-refractivity contribution in [2.24, 2.45) is 0 Å². The average molecular weight is 169 g/mol. The Labute approximate surface area is 55.4 Å². The summed E-state index contributed by atoms with van der Waals surface area (Å²) in [7, 11) is 0. The first-order valence-electron chi connectivity index (χ1n) is 0. The van der Waals surface area contributed by atoms with Gasteiger partial charge in [0.25, 0.3) is 0 Å². The zero-order valence-electron chi connectivity index (χ0n) is 1.99. The summed E-state index contributed by atoms with van der Waals surface area (Å²) in [5, 5.41) is 0. The first kappa shape index (κ1) is 43.6. The van der Waals surface area contributed by atoms with Crippen LogP contribution < -0.4 is 0 Å². The van der Waals surface area contributed by atoms with Crippen LogP contribution >= 0.6 is 9.90 Å². The van der Waals surface area contributed by atoms with Crippen molar-refractivity contribution in [2.45, 2.75) is 0 Å². The van der Waals surface area contributed by atoms with Crippen LogP contribution in [0.5, 0.6) is 0 Å². The fourth-order valence-corrected chi connectivity index (χ4v) is 0. The van der Waals surface area contributed by atoms with E-state index in [-0.39, 0.29) is 55.3 Å². The molecule has 1 unspecified atom stereocenters. The van der Waals surface area contributed by atoms with Crippen molar-refractivity contribution in [3.63, 3.8) is 0 Å². The molecule has 0 aliphatic rings. The molecule has 0 saturated carbocycles. The number of hydrogen-bond donors (Lipinski definition) is 0. The van der Waals surface area contributed by atoms with E-state index in [0.717, 1.165) is 0 Å². The molecule has 0 saturated heterocycles. The summed E-state index contributed by atoms with van der Waals surface area (Å²) in [6.45, 7) is 0. The Kier molecular flexibility index (Phi) is 243. The van der Waals surface area contributed by atoms with Gasteiger partial charge in [-0.3, -0.25) is 0 Å². The van der Waals surface area contributed by atoms with Gasteiger partial charge in [-0.2, -0.15) is 9.90 Å². The molecule has 0 aromatic rings. The third-order valence-corrected chi connectivity index (χ3v) is 0. The zero-order valence-corrected chi connectivity index (χ0v) is 6.86. The topological polar surface area (TPSA) is 0 Å². The smallest absolute Gasteiger partial charge is 0 e. The number of hydrogen-bond acceptors (Lipinski definition) is 0. The van der Waals surface area contributed by atoms with Gasteiger partial charge in [0.05, 0.1) is 0 Å². The predicted octanol–water partition coefficient (Wildman–Crippen LogP) is -0.328. The second-order valence-corrected chi connectivity index (χ2v) is 0. The fourth-order valence-electron chi connectivity index (χ4n) is 0. The standard InChI is InChI=1S/Cr.Mn.H3P.Si/h;;1H3;. The van der Waals surface area contributed by atoms with Gasteiger partial charge in [-0.15, -0.1) is 0 Å². The van der Waals surface area contributed by atoms with Gasteiger partial charge in [0, 0.05) is 45.4 Å². The van der Waals surface area contributed by atoms with E-state index < -0.39 is 0 Å². The second-order valence-electron chi connectivity index (χ2n) is 0. The summed E-state index contributed by atoms with van der Waals surface area (Å²) in [5.74, 6) is 0. The SMILES string of the molecule is P.[Cr].[Mn].[Si]. The van der Waals surface area contributed by atoms with Gasteiger partial charge in [-0.1, -0.05) is 0 Å². The minimum atomic E-state index is 0. The first-order chi connectivity index (χ1) is 0. The van der Waals surface area contributed by atoms with E-state index in [1.165, 1.54) is 0 Å². The van der Waals surface area contributed by atoms with Crippen LogP contribution in [0.3, 0.4) is 0 Å². The van der Waals surface area contributed by atoms with Gasteiger partial charge in [0.1, 0.15) is 0 Å². The molecular formula is H3CrMnPSi. The second kappa shape index (κ2) is 22.3. The molecular weight excluding hydrogens is 166 g/mol. The Bertz CT molecular complexity index is 8.00. The van der Waals surface area contributed by atoms with Gasteiger partial charge in [0.2, 0.25) is 0 Å². The van der Waals surface area contributed by atoms with Crippen LogP contribution in [0.25, 0.3) is 0 Å². The summed E-state index contributed by atoms with van der Waals surface area (Å²) in [4.78, 5) is 0. The zero-order chi connectivity index (χ0) is 0. The van der Waals surface area contributed by atoms with E-state index >= 15 is 0 Å². The summed E-state index contributed by atoms with van der Waals surface area (Å²) >= 11 is 0. The summed E-state index contributed by atoms with van der Waals surface area (Å²) in [6, 6.07) is 0. The van der Waals surface area contributed by atoms with Crippen molar-refractivity contribution in [2.75, 3.05) is 0 Å². The molecule has 0 rings (SSSR count). The Morgan fingerprint density at radius 2 is 1.00 bits per heavy atom. The minimum Gasteiger partial charge on any atom is -0.153 e. The number of rotatable bonds is 0. The van der Waals surface area contributed by atoms with E-state index in [1.807, 2.05) is 0 Å². The molecule has 0 N–H and O–H groups in total. The van der Waals surface area contributed by atoms with Gasteiger partial charge in [-0.05, 0) is 0 Å². The largest absolute Gasteiger partial charge is 0.153 e. The van der Waals surface area contributed by atoms with Crippen LogP contribution in [0.15, 0.2) is 0 Å². The van der Waals surface area contributed by atoms with Crippen LogP contribution in [-0.2, 0) is 34.4 Å². The predicted molar refractivity (Wildman–Crippen MR) is 16.9 cm³/mol. The molecule has 0 fully saturated rings. The van der Waals surface area contributed by atoms with E-state index in [2.05, 4.69) is 0 Å². The molecule has 0 aliphatic heterocycles. The van der Waals surface area contributed by atoms with Crippen LogP contribution in [0.2, 0.25) is 0 Å². The first-order valence-corrected chi connectivity index (χ1v) is 0. The van der Waals surface area contributed by atoms with Gasteiger partial charge >= 0.3 is 0 Å². The minimum absolute atomic E-state index is 0. The van der Waals surface area contributed by atoms with Crippen LogP contribution in [0.4, 0.5) is 0 Å². The molecule has 0 bridgehead atoms. The van der Waals surface area contributed by atoms with Crippen molar-refractivity contribution in [1.29, 1.82) is 0 Å². The molecule has 0 aliphatic carbocycles. The normalized spacial score (nSPS) is 0. The van der Waals surface area contributed by atoms with Crippen LogP contribution in [0.1, 0.15) is 0 Å². The Hall–Kier alpha value is 1.70. The molecule has 0 nitrogen and oxygen atoms in total. The molecule has 0 amide bonds. The van der Waals surface area contributed by atoms with Crippen molar-refractivity contribution in [1.82, 2.24) is 0 Å². The molecule has 0 spiro atoms. The van der Waals surface area contributed by atoms with Crippen molar-refractivity contribution < 1.29 is 34.4 Å². The van der Waals surface area contributed by atoms with E-state index in [4.69, 9.17) is 0 Å². The molecule has 0 heterocycles. The maximum atomic E-state index is 0. The molecule has 5 radical (unpaired) electrons. The molecule has 4 heavy (non-hydrogen) atoms. The Morgan fingerprint density at radius 1 is 1.00 bits per heavy atom. The molecule has 0 aromatic carbocycles. The summed E-state index contributed by atoms with van der Waals surface area (Å²) in [5.41, 5.74) is 0. The van der Waals surface area contributed by atoms with Gasteiger partial charge in [0.15, 0.2) is 0 Å². The van der Waals surface area contributed by atoms with E-state index in [0.29, 0.717) is 0 Å². The van der Waals surface area contributed by atoms with Crippen molar-refractivity contribution >= 4 is 20.9 Å². The van der Waals surface area contributed by atoms with Crippen molar-refractivity contribution in [3.8, 4) is 0 Å². The molecule has 4 heteroatoms. The maximum absolute atomic E-state index is 0. The van der Waals surface area contributed by atoms with E-state index in [9.17, 15) is 0 Å². The van der Waals surface area contributed by atoms with Crippen molar-refractivity contribution in [3.05, 3.63) is 0 Å². The Balaban J connectivity index is 0. The molecule has 25 valence electrons. The fraction of sp³-hybridized carbons (Fsp3) is 0. The molecule has 0 aromatic heterocycles. The van der Waals surface area contributed by atoms with Crippen LogP contribution in [0, 0.1) is 0 Å². The quantitative estimate of drug-likeness (QED) is 0.344. The summed E-state index contributed by atoms with van der Waals surface area (Å²) < 4.78 is 0. The molecule has 1 atom stereocenters. The van der Waals surface area contributed by atoms with Gasteiger partial charge < -0.3 is 0 Å². The average Bonchev–Trinajstić information content (AvgIpc) is 0. The van der Waals surface area contributed by atoms with E-state index in [1.54, 1.807) is 0 Å². The van der Waals surface area contributed by atoms with Crippen LogP contribution in [-0.4, -0.2) is 11.0 Å². The third-order valence-electron chi connectivity index (χ3n) is 0. The van der Waals surface area contributed by atoms with Gasteiger partial charge in [-0.25, -0.2) is 0 Å². The monoisotopic (exact) mass is 169 g/mol.